The molecule has 0 N–H and O–H groups in total. The lowest BCUT2D eigenvalue weighted by atomic mass is 10.2. The summed E-state index contributed by atoms with van der Waals surface area (Å²) in [4.78, 5) is 0.896. The van der Waals surface area contributed by atoms with Crippen molar-refractivity contribution in [3.63, 3.8) is 0 Å². The lowest BCUT2D eigenvalue weighted by Gasteiger charge is -2.15. The Hall–Kier alpha value is -0.170. The van der Waals surface area contributed by atoms with Gasteiger partial charge in [-0.25, -0.2) is 0 Å². The maximum atomic E-state index is 11.8. The minimum Gasteiger partial charge on any atom is -0.199 e. The second-order valence-electron chi connectivity index (χ2n) is 3.19. The molecular weight excluding hydrogens is 286 g/mol. The van der Waals surface area contributed by atoms with Crippen molar-refractivity contribution in [2.45, 2.75) is 16.7 Å². The van der Waals surface area contributed by atoms with E-state index >= 15 is 0 Å². The molecule has 1 aliphatic rings. The zero-order valence-electron chi connectivity index (χ0n) is 8.52. The van der Waals surface area contributed by atoms with Gasteiger partial charge in [0.25, 0.3) is 10.0 Å². The Morgan fingerprint density at radius 1 is 1.44 bits per heavy atom. The van der Waals surface area contributed by atoms with E-state index in [0.29, 0.717) is 14.3 Å². The number of thioether (sulfide) groups is 2. The maximum absolute atomic E-state index is 11.8. The van der Waals surface area contributed by atoms with Crippen LogP contribution in [0.1, 0.15) is 5.56 Å². The number of aryl methyl sites for hydroxylation is 1. The molecule has 1 aromatic rings. The average Bonchev–Trinajstić information content (AvgIpc) is 2.20. The number of benzene rings is 1. The van der Waals surface area contributed by atoms with E-state index in [1.807, 2.05) is 0 Å². The van der Waals surface area contributed by atoms with Gasteiger partial charge in [0.15, 0.2) is 0 Å². The number of rotatable bonds is 0. The first-order valence-corrected chi connectivity index (χ1v) is 8.17. The molecule has 0 saturated carbocycles. The number of hydrogen-bond donors (Lipinski definition) is 0. The van der Waals surface area contributed by atoms with E-state index in [0.717, 1.165) is 5.56 Å². The predicted molar refractivity (Wildman–Crippen MR) is 70.2 cm³/mol. The molecule has 0 amide bonds. The van der Waals surface area contributed by atoms with Crippen molar-refractivity contribution in [1.29, 1.82) is 0 Å². The van der Waals surface area contributed by atoms with E-state index in [1.165, 1.54) is 23.5 Å². The van der Waals surface area contributed by atoms with Gasteiger partial charge in [0, 0.05) is 9.92 Å². The normalized spacial score (nSPS) is 17.8. The molecule has 0 aliphatic carbocycles. The van der Waals surface area contributed by atoms with Gasteiger partial charge < -0.3 is 0 Å². The fraction of sp³-hybridized carbons (Fsp3) is 0.222. The van der Waals surface area contributed by atoms with Crippen LogP contribution < -0.4 is 0 Å². The molecule has 1 aliphatic heterocycles. The number of fused-ring (bicyclic) bond motifs is 1. The Morgan fingerprint density at radius 3 is 2.75 bits per heavy atom. The minimum atomic E-state index is -3.55. The molecule has 1 heterocycles. The van der Waals surface area contributed by atoms with Gasteiger partial charge in [0.1, 0.15) is 9.27 Å². The first-order valence-electron chi connectivity index (χ1n) is 4.31. The summed E-state index contributed by atoms with van der Waals surface area (Å²) in [6.45, 7) is 1.77. The highest BCUT2D eigenvalue weighted by atomic mass is 35.5. The Morgan fingerprint density at radius 2 is 2.12 bits per heavy atom. The van der Waals surface area contributed by atoms with Crippen LogP contribution in [0.4, 0.5) is 0 Å². The number of nitrogens with zero attached hydrogens (tertiary/aromatic N) is 1. The van der Waals surface area contributed by atoms with E-state index in [1.54, 1.807) is 25.3 Å². The van der Waals surface area contributed by atoms with E-state index in [2.05, 4.69) is 4.40 Å². The highest BCUT2D eigenvalue weighted by molar-refractivity contribution is 8.39. The van der Waals surface area contributed by atoms with Gasteiger partial charge in [-0.1, -0.05) is 23.4 Å². The maximum Gasteiger partial charge on any atom is 0.285 e. The number of hydrogen-bond acceptors (Lipinski definition) is 4. The van der Waals surface area contributed by atoms with Crippen molar-refractivity contribution in [2.24, 2.45) is 4.40 Å². The van der Waals surface area contributed by atoms with Gasteiger partial charge in [-0.3, -0.25) is 0 Å². The average molecular weight is 294 g/mol. The second kappa shape index (κ2) is 4.25. The molecule has 1 aromatic carbocycles. The largest absolute Gasteiger partial charge is 0.285 e. The van der Waals surface area contributed by atoms with E-state index in [-0.39, 0.29) is 4.90 Å². The molecule has 0 radical (unpaired) electrons. The van der Waals surface area contributed by atoms with Crippen LogP contribution >= 0.6 is 35.1 Å². The fourth-order valence-corrected chi connectivity index (χ4v) is 5.02. The van der Waals surface area contributed by atoms with Crippen LogP contribution in [0.15, 0.2) is 26.3 Å². The summed E-state index contributed by atoms with van der Waals surface area (Å²) in [7, 11) is -3.55. The summed E-state index contributed by atoms with van der Waals surface area (Å²) < 4.78 is 27.9. The lowest BCUT2D eigenvalue weighted by Crippen LogP contribution is -2.07. The molecule has 16 heavy (non-hydrogen) atoms. The summed E-state index contributed by atoms with van der Waals surface area (Å²) in [5.74, 6) is 0. The lowest BCUT2D eigenvalue weighted by molar-refractivity contribution is 0.596. The van der Waals surface area contributed by atoms with E-state index < -0.39 is 10.0 Å². The van der Waals surface area contributed by atoms with E-state index in [4.69, 9.17) is 11.6 Å². The third kappa shape index (κ3) is 2.11. The molecule has 0 aromatic heterocycles. The molecule has 86 valence electrons. The molecule has 0 unspecified atom stereocenters. The van der Waals surface area contributed by atoms with Gasteiger partial charge in [-0.15, -0.1) is 16.2 Å². The second-order valence-corrected chi connectivity index (χ2v) is 7.25. The van der Waals surface area contributed by atoms with Crippen LogP contribution in [0.25, 0.3) is 0 Å². The van der Waals surface area contributed by atoms with Crippen LogP contribution in [-0.4, -0.2) is 19.0 Å². The third-order valence-electron chi connectivity index (χ3n) is 2.07. The smallest absolute Gasteiger partial charge is 0.199 e. The first-order chi connectivity index (χ1) is 7.44. The molecule has 0 saturated heterocycles. The topological polar surface area (TPSA) is 46.5 Å². The molecule has 2 rings (SSSR count). The Labute approximate surface area is 108 Å². The van der Waals surface area contributed by atoms with Crippen LogP contribution in [0.5, 0.6) is 0 Å². The van der Waals surface area contributed by atoms with Crippen LogP contribution in [0, 0.1) is 6.92 Å². The van der Waals surface area contributed by atoms with Gasteiger partial charge in [0.05, 0.1) is 0 Å². The quantitative estimate of drug-likeness (QED) is 0.737. The molecule has 0 atom stereocenters. The molecule has 0 bridgehead atoms. The van der Waals surface area contributed by atoms with Gasteiger partial charge >= 0.3 is 0 Å². The zero-order valence-corrected chi connectivity index (χ0v) is 11.7. The SMILES string of the molecule is CSC1=NS(=O)(=O)c2cc(C)c(Cl)cc2S1. The van der Waals surface area contributed by atoms with Crippen LogP contribution in [0.3, 0.4) is 0 Å². The van der Waals surface area contributed by atoms with Crippen molar-refractivity contribution in [2.75, 3.05) is 6.26 Å². The van der Waals surface area contributed by atoms with Gasteiger partial charge in [-0.2, -0.15) is 8.42 Å². The highest BCUT2D eigenvalue weighted by Gasteiger charge is 2.26. The zero-order chi connectivity index (χ0) is 11.9. The van der Waals surface area contributed by atoms with E-state index in [9.17, 15) is 8.42 Å². The first kappa shape index (κ1) is 12.3. The summed E-state index contributed by atoms with van der Waals surface area (Å²) in [5.41, 5.74) is 0.743. The molecular formula is C9H8ClNO2S3. The van der Waals surface area contributed by atoms with Crippen LogP contribution in [-0.2, 0) is 10.0 Å². The molecule has 0 spiro atoms. The van der Waals surface area contributed by atoms with Crippen molar-refractivity contribution in [1.82, 2.24) is 0 Å². The Bertz CT molecular complexity index is 581. The Balaban J connectivity index is 2.68. The van der Waals surface area contributed by atoms with Crippen molar-refractivity contribution >= 4 is 49.5 Å². The summed E-state index contributed by atoms with van der Waals surface area (Å²) in [5, 5.41) is 0.573. The molecule has 3 nitrogen and oxygen atoms in total. The van der Waals surface area contributed by atoms with Crippen molar-refractivity contribution < 1.29 is 8.42 Å². The summed E-state index contributed by atoms with van der Waals surface area (Å²) >= 11 is 8.62. The highest BCUT2D eigenvalue weighted by Crippen LogP contribution is 2.39. The number of sulfonamides is 1. The molecule has 0 fully saturated rings. The third-order valence-corrected chi connectivity index (χ3v) is 6.17. The number of halogens is 1. The van der Waals surface area contributed by atoms with Crippen molar-refractivity contribution in [3.05, 3.63) is 22.7 Å². The summed E-state index contributed by atoms with van der Waals surface area (Å²) in [6.07, 6.45) is 1.79. The fourth-order valence-electron chi connectivity index (χ4n) is 1.26. The molecule has 7 heteroatoms. The van der Waals surface area contributed by atoms with Gasteiger partial charge in [0.2, 0.25) is 0 Å². The van der Waals surface area contributed by atoms with Crippen molar-refractivity contribution in [3.8, 4) is 0 Å². The minimum absolute atomic E-state index is 0.247. The predicted octanol–water partition coefficient (Wildman–Crippen LogP) is 3.16. The monoisotopic (exact) mass is 293 g/mol. The Kier molecular flexibility index (Phi) is 3.27. The van der Waals surface area contributed by atoms with Gasteiger partial charge in [-0.05, 0) is 30.9 Å². The standard InChI is InChI=1S/C9H8ClNO2S3/c1-5-3-8-7(4-6(5)10)15-9(14-2)11-16(8,12)13/h3-4H,1-2H3. The summed E-state index contributed by atoms with van der Waals surface area (Å²) in [6, 6.07) is 3.25. The van der Waals surface area contributed by atoms with Crippen LogP contribution in [0.2, 0.25) is 5.02 Å².